The van der Waals surface area contributed by atoms with Gasteiger partial charge in [0.25, 0.3) is 0 Å². The van der Waals surface area contributed by atoms with Crippen LogP contribution in [0.3, 0.4) is 0 Å². The van der Waals surface area contributed by atoms with Gasteiger partial charge in [-0.3, -0.25) is 9.59 Å². The fourth-order valence-corrected chi connectivity index (χ4v) is 4.83. The van der Waals surface area contributed by atoms with Gasteiger partial charge in [-0.15, -0.1) is 0 Å². The van der Waals surface area contributed by atoms with Crippen LogP contribution >= 0.6 is 0 Å². The van der Waals surface area contributed by atoms with E-state index < -0.39 is 0 Å². The Bertz CT molecular complexity index is 902. The molecule has 2 unspecified atom stereocenters. The average Bonchev–Trinajstić information content (AvgIpc) is 3.54. The molecule has 6 amide bonds. The highest BCUT2D eigenvalue weighted by Gasteiger charge is 2.29. The average molecular weight is 501 g/mol. The van der Waals surface area contributed by atoms with Crippen molar-refractivity contribution in [3.63, 3.8) is 0 Å². The Hall–Kier alpha value is -3.30. The molecule has 2 aliphatic heterocycles. The van der Waals surface area contributed by atoms with Crippen LogP contribution in [0.15, 0.2) is 24.3 Å². The molecule has 1 aromatic carbocycles. The summed E-state index contributed by atoms with van der Waals surface area (Å²) in [6.45, 7) is 7.10. The summed E-state index contributed by atoms with van der Waals surface area (Å²) in [7, 11) is 1.67. The molecule has 2 atom stereocenters. The Morgan fingerprint density at radius 1 is 1.00 bits per heavy atom. The van der Waals surface area contributed by atoms with Crippen molar-refractivity contribution >= 4 is 35.8 Å². The van der Waals surface area contributed by atoms with Gasteiger partial charge in [0.15, 0.2) is 0 Å². The van der Waals surface area contributed by atoms with E-state index in [9.17, 15) is 19.2 Å². The van der Waals surface area contributed by atoms with Gasteiger partial charge in [-0.2, -0.15) is 0 Å². The van der Waals surface area contributed by atoms with Gasteiger partial charge in [0.2, 0.25) is 12.3 Å². The molecule has 10 nitrogen and oxygen atoms in total. The van der Waals surface area contributed by atoms with Crippen LogP contribution in [-0.2, 0) is 9.59 Å². The molecule has 0 radical (unpaired) electrons. The molecule has 2 fully saturated rings. The summed E-state index contributed by atoms with van der Waals surface area (Å²) in [6, 6.07) is 6.90. The van der Waals surface area contributed by atoms with Crippen molar-refractivity contribution in [2.75, 3.05) is 50.4 Å². The van der Waals surface area contributed by atoms with E-state index in [1.165, 1.54) is 4.90 Å². The van der Waals surface area contributed by atoms with E-state index in [2.05, 4.69) is 17.6 Å². The van der Waals surface area contributed by atoms with Crippen molar-refractivity contribution in [1.29, 1.82) is 0 Å². The number of rotatable bonds is 10. The Labute approximate surface area is 214 Å². The maximum atomic E-state index is 12.8. The SMILES string of the molecule is CCN(CCC1CCC(C)N1C=O)C(=O)Nc1ccc(NC(=O)N(C)CCC(=O)N2CCCC2)cc1. The van der Waals surface area contributed by atoms with Crippen molar-refractivity contribution in [1.82, 2.24) is 19.6 Å². The minimum atomic E-state index is -0.288. The zero-order valence-corrected chi connectivity index (χ0v) is 21.7. The summed E-state index contributed by atoms with van der Waals surface area (Å²) >= 11 is 0. The van der Waals surface area contributed by atoms with Crippen molar-refractivity contribution in [2.45, 2.75) is 64.5 Å². The molecular weight excluding hydrogens is 460 g/mol. The Morgan fingerprint density at radius 3 is 2.19 bits per heavy atom. The third kappa shape index (κ3) is 7.35. The molecule has 0 saturated carbocycles. The highest BCUT2D eigenvalue weighted by molar-refractivity contribution is 5.91. The number of anilines is 2. The van der Waals surface area contributed by atoms with E-state index in [1.54, 1.807) is 36.2 Å². The fraction of sp³-hybridized carbons (Fsp3) is 0.615. The second kappa shape index (κ2) is 13.1. The number of nitrogens with one attached hydrogen (secondary N) is 2. The van der Waals surface area contributed by atoms with E-state index in [0.717, 1.165) is 51.6 Å². The molecule has 2 aliphatic rings. The number of hydrogen-bond donors (Lipinski definition) is 2. The van der Waals surface area contributed by atoms with Gasteiger partial charge >= 0.3 is 12.1 Å². The summed E-state index contributed by atoms with van der Waals surface area (Å²) in [5, 5.41) is 5.72. The second-order valence-corrected chi connectivity index (χ2v) is 9.70. The second-order valence-electron chi connectivity index (χ2n) is 9.70. The van der Waals surface area contributed by atoms with Gasteiger partial charge in [0.1, 0.15) is 0 Å². The predicted octanol–water partition coefficient (Wildman–Crippen LogP) is 3.42. The molecule has 3 rings (SSSR count). The van der Waals surface area contributed by atoms with E-state index >= 15 is 0 Å². The first-order valence-corrected chi connectivity index (χ1v) is 13.0. The summed E-state index contributed by atoms with van der Waals surface area (Å²) in [5.41, 5.74) is 1.23. The Kier molecular flexibility index (Phi) is 9.95. The van der Waals surface area contributed by atoms with E-state index in [4.69, 9.17) is 0 Å². The zero-order chi connectivity index (χ0) is 26.1. The lowest BCUT2D eigenvalue weighted by atomic mass is 10.1. The van der Waals surface area contributed by atoms with Crippen LogP contribution in [0.4, 0.5) is 21.0 Å². The number of amides is 6. The molecule has 0 aliphatic carbocycles. The van der Waals surface area contributed by atoms with E-state index in [-0.39, 0.29) is 30.1 Å². The van der Waals surface area contributed by atoms with Crippen LogP contribution in [-0.4, -0.2) is 95.8 Å². The first-order chi connectivity index (χ1) is 17.3. The van der Waals surface area contributed by atoms with Crippen LogP contribution < -0.4 is 10.6 Å². The minimum Gasteiger partial charge on any atom is -0.343 e. The number of nitrogens with zero attached hydrogens (tertiary/aromatic N) is 4. The minimum absolute atomic E-state index is 0.0900. The Morgan fingerprint density at radius 2 is 1.61 bits per heavy atom. The lowest BCUT2D eigenvalue weighted by Gasteiger charge is -2.27. The van der Waals surface area contributed by atoms with Crippen molar-refractivity contribution in [3.8, 4) is 0 Å². The standard InChI is InChI=1S/C26H40N6O4/c1-4-30(18-13-23-12-7-20(2)32(23)19-33)26(36)28-22-10-8-21(9-11-22)27-25(35)29(3)17-14-24(34)31-15-5-6-16-31/h8-11,19-20,23H,4-7,12-18H2,1-3H3,(H,27,35)(H,28,36). The summed E-state index contributed by atoms with van der Waals surface area (Å²) in [5.74, 6) is 0.0900. The van der Waals surface area contributed by atoms with Crippen molar-refractivity contribution in [3.05, 3.63) is 24.3 Å². The smallest absolute Gasteiger partial charge is 0.321 e. The quantitative estimate of drug-likeness (QED) is 0.480. The van der Waals surface area contributed by atoms with Crippen LogP contribution in [0.25, 0.3) is 0 Å². The largest absolute Gasteiger partial charge is 0.343 e. The van der Waals surface area contributed by atoms with Gasteiger partial charge in [-0.05, 0) is 70.2 Å². The number of urea groups is 2. The maximum absolute atomic E-state index is 12.8. The molecule has 36 heavy (non-hydrogen) atoms. The van der Waals surface area contributed by atoms with E-state index in [0.29, 0.717) is 37.4 Å². The van der Waals surface area contributed by atoms with Crippen molar-refractivity contribution in [2.24, 2.45) is 0 Å². The normalized spacial score (nSPS) is 19.2. The topological polar surface area (TPSA) is 105 Å². The van der Waals surface area contributed by atoms with Crippen LogP contribution in [0.2, 0.25) is 0 Å². The lowest BCUT2D eigenvalue weighted by Crippen LogP contribution is -2.40. The third-order valence-electron chi connectivity index (χ3n) is 7.23. The molecule has 0 bridgehead atoms. The van der Waals surface area contributed by atoms with Gasteiger partial charge < -0.3 is 30.2 Å². The third-order valence-corrected chi connectivity index (χ3v) is 7.23. The molecule has 2 saturated heterocycles. The first kappa shape index (κ1) is 27.3. The van der Waals surface area contributed by atoms with Gasteiger partial charge in [-0.25, -0.2) is 9.59 Å². The summed E-state index contributed by atoms with van der Waals surface area (Å²) in [4.78, 5) is 55.7. The number of carbonyl (C=O) groups excluding carboxylic acids is 4. The zero-order valence-electron chi connectivity index (χ0n) is 21.7. The van der Waals surface area contributed by atoms with Crippen LogP contribution in [0.1, 0.15) is 52.4 Å². The molecule has 2 N–H and O–H groups in total. The molecule has 0 spiro atoms. The first-order valence-electron chi connectivity index (χ1n) is 13.0. The molecule has 0 aromatic heterocycles. The van der Waals surface area contributed by atoms with Crippen molar-refractivity contribution < 1.29 is 19.2 Å². The lowest BCUT2D eigenvalue weighted by molar-refractivity contribution is -0.130. The van der Waals surface area contributed by atoms with Crippen LogP contribution in [0.5, 0.6) is 0 Å². The van der Waals surface area contributed by atoms with E-state index in [1.807, 2.05) is 16.7 Å². The molecule has 198 valence electrons. The highest BCUT2D eigenvalue weighted by Crippen LogP contribution is 2.24. The predicted molar refractivity (Wildman–Crippen MR) is 140 cm³/mol. The van der Waals surface area contributed by atoms with Crippen LogP contribution in [0, 0.1) is 0 Å². The molecule has 2 heterocycles. The monoisotopic (exact) mass is 500 g/mol. The Balaban J connectivity index is 1.43. The summed E-state index contributed by atoms with van der Waals surface area (Å²) < 4.78 is 0. The van der Waals surface area contributed by atoms with Gasteiger partial charge in [0.05, 0.1) is 0 Å². The highest BCUT2D eigenvalue weighted by atomic mass is 16.2. The maximum Gasteiger partial charge on any atom is 0.321 e. The molecule has 10 heteroatoms. The number of benzene rings is 1. The molecular formula is C26H40N6O4. The van der Waals surface area contributed by atoms with Gasteiger partial charge in [-0.1, -0.05) is 0 Å². The number of carbonyl (C=O) groups is 4. The van der Waals surface area contributed by atoms with Gasteiger partial charge in [0, 0.05) is 69.7 Å². The number of hydrogen-bond acceptors (Lipinski definition) is 4. The number of likely N-dealkylation sites (tertiary alicyclic amines) is 2. The fourth-order valence-electron chi connectivity index (χ4n) is 4.83. The summed E-state index contributed by atoms with van der Waals surface area (Å²) in [6.07, 6.45) is 6.06. The molecule has 1 aromatic rings.